The summed E-state index contributed by atoms with van der Waals surface area (Å²) in [7, 11) is 0. The minimum Gasteiger partial charge on any atom is -0.370 e. The molecule has 14 heavy (non-hydrogen) atoms. The molecule has 0 heterocycles. The fraction of sp³-hybridized carbons (Fsp3) is 0.455. The lowest BCUT2D eigenvalue weighted by atomic mass is 10.1. The van der Waals surface area contributed by atoms with Crippen molar-refractivity contribution in [1.82, 2.24) is 0 Å². The maximum absolute atomic E-state index is 12.9. The monoisotopic (exact) mass is 197 g/mol. The molecule has 0 aliphatic carbocycles. The summed E-state index contributed by atoms with van der Waals surface area (Å²) in [5.74, 6) is -0.256. The SMILES string of the molecule is CC(C)OC(CN)c1cccc(F)c1. The Morgan fingerprint density at radius 1 is 1.43 bits per heavy atom. The Morgan fingerprint density at radius 3 is 2.64 bits per heavy atom. The Balaban J connectivity index is 2.78. The topological polar surface area (TPSA) is 35.2 Å². The first kappa shape index (κ1) is 11.1. The van der Waals surface area contributed by atoms with Crippen LogP contribution in [0.3, 0.4) is 0 Å². The first-order valence-corrected chi connectivity index (χ1v) is 4.74. The van der Waals surface area contributed by atoms with Crippen LogP contribution >= 0.6 is 0 Å². The molecular weight excluding hydrogens is 181 g/mol. The van der Waals surface area contributed by atoms with Gasteiger partial charge in [-0.2, -0.15) is 0 Å². The molecule has 78 valence electrons. The van der Waals surface area contributed by atoms with E-state index in [2.05, 4.69) is 0 Å². The van der Waals surface area contributed by atoms with E-state index in [0.717, 1.165) is 5.56 Å². The Bertz CT molecular complexity index is 288. The van der Waals surface area contributed by atoms with Crippen molar-refractivity contribution in [2.24, 2.45) is 5.73 Å². The van der Waals surface area contributed by atoms with Gasteiger partial charge in [-0.1, -0.05) is 12.1 Å². The molecule has 1 rings (SSSR count). The summed E-state index contributed by atoms with van der Waals surface area (Å²) in [6.07, 6.45) is -0.127. The highest BCUT2D eigenvalue weighted by atomic mass is 19.1. The van der Waals surface area contributed by atoms with Crippen molar-refractivity contribution in [1.29, 1.82) is 0 Å². The second kappa shape index (κ2) is 5.08. The lowest BCUT2D eigenvalue weighted by Crippen LogP contribution is -2.19. The molecule has 0 spiro atoms. The predicted molar refractivity (Wildman–Crippen MR) is 54.4 cm³/mol. The van der Waals surface area contributed by atoms with E-state index >= 15 is 0 Å². The molecule has 0 aromatic heterocycles. The zero-order valence-electron chi connectivity index (χ0n) is 8.53. The van der Waals surface area contributed by atoms with E-state index in [0.29, 0.717) is 6.54 Å². The molecule has 0 saturated heterocycles. The quantitative estimate of drug-likeness (QED) is 0.803. The van der Waals surface area contributed by atoms with E-state index < -0.39 is 0 Å². The third-order valence-electron chi connectivity index (χ3n) is 1.87. The first-order valence-electron chi connectivity index (χ1n) is 4.74. The molecule has 0 aliphatic heterocycles. The van der Waals surface area contributed by atoms with E-state index in [1.54, 1.807) is 6.07 Å². The number of hydrogen-bond donors (Lipinski definition) is 1. The highest BCUT2D eigenvalue weighted by molar-refractivity contribution is 5.19. The molecule has 2 N–H and O–H groups in total. The van der Waals surface area contributed by atoms with Crippen LogP contribution in [0.4, 0.5) is 4.39 Å². The predicted octanol–water partition coefficient (Wildman–Crippen LogP) is 2.25. The van der Waals surface area contributed by atoms with Gasteiger partial charge >= 0.3 is 0 Å². The number of halogens is 1. The molecular formula is C11H16FNO. The summed E-state index contributed by atoms with van der Waals surface area (Å²) in [5, 5.41) is 0. The van der Waals surface area contributed by atoms with Crippen LogP contribution in [0.15, 0.2) is 24.3 Å². The average Bonchev–Trinajstić information content (AvgIpc) is 2.14. The van der Waals surface area contributed by atoms with E-state index in [-0.39, 0.29) is 18.0 Å². The normalized spacial score (nSPS) is 13.2. The Labute approximate surface area is 83.9 Å². The number of nitrogens with two attached hydrogens (primary N) is 1. The van der Waals surface area contributed by atoms with Crippen molar-refractivity contribution >= 4 is 0 Å². The van der Waals surface area contributed by atoms with E-state index in [1.165, 1.54) is 12.1 Å². The largest absolute Gasteiger partial charge is 0.370 e. The fourth-order valence-electron chi connectivity index (χ4n) is 1.31. The van der Waals surface area contributed by atoms with Crippen LogP contribution in [-0.4, -0.2) is 12.6 Å². The molecule has 1 aromatic carbocycles. The third-order valence-corrected chi connectivity index (χ3v) is 1.87. The van der Waals surface area contributed by atoms with E-state index in [9.17, 15) is 4.39 Å². The molecule has 0 bridgehead atoms. The number of ether oxygens (including phenoxy) is 1. The van der Waals surface area contributed by atoms with Gasteiger partial charge in [0, 0.05) is 6.54 Å². The molecule has 0 aliphatic rings. The maximum atomic E-state index is 12.9. The second-order valence-electron chi connectivity index (χ2n) is 3.46. The number of benzene rings is 1. The molecule has 0 fully saturated rings. The molecule has 0 radical (unpaired) electrons. The first-order chi connectivity index (χ1) is 6.63. The number of rotatable bonds is 4. The van der Waals surface area contributed by atoms with Gasteiger partial charge in [-0.05, 0) is 31.5 Å². The standard InChI is InChI=1S/C11H16FNO/c1-8(2)14-11(7-13)9-4-3-5-10(12)6-9/h3-6,8,11H,7,13H2,1-2H3. The zero-order chi connectivity index (χ0) is 10.6. The Kier molecular flexibility index (Phi) is 4.04. The van der Waals surface area contributed by atoms with Crippen molar-refractivity contribution in [3.05, 3.63) is 35.6 Å². The van der Waals surface area contributed by atoms with Gasteiger partial charge in [0.15, 0.2) is 0 Å². The van der Waals surface area contributed by atoms with Gasteiger partial charge in [-0.3, -0.25) is 0 Å². The van der Waals surface area contributed by atoms with Crippen LogP contribution in [0.5, 0.6) is 0 Å². The van der Waals surface area contributed by atoms with E-state index in [1.807, 2.05) is 19.9 Å². The molecule has 0 saturated carbocycles. The van der Waals surface area contributed by atoms with Crippen molar-refractivity contribution < 1.29 is 9.13 Å². The van der Waals surface area contributed by atoms with Crippen LogP contribution in [0.1, 0.15) is 25.5 Å². The third kappa shape index (κ3) is 3.09. The van der Waals surface area contributed by atoms with Gasteiger partial charge in [0.1, 0.15) is 5.82 Å². The smallest absolute Gasteiger partial charge is 0.123 e. The summed E-state index contributed by atoms with van der Waals surface area (Å²) in [6, 6.07) is 6.35. The van der Waals surface area contributed by atoms with Gasteiger partial charge in [-0.25, -0.2) is 4.39 Å². The van der Waals surface area contributed by atoms with Crippen molar-refractivity contribution in [3.8, 4) is 0 Å². The Hall–Kier alpha value is -0.930. The summed E-state index contributed by atoms with van der Waals surface area (Å²) < 4.78 is 18.5. The van der Waals surface area contributed by atoms with Crippen molar-refractivity contribution in [2.45, 2.75) is 26.1 Å². The summed E-state index contributed by atoms with van der Waals surface area (Å²) in [4.78, 5) is 0. The minimum atomic E-state index is -0.256. The van der Waals surface area contributed by atoms with Gasteiger partial charge in [0.05, 0.1) is 12.2 Å². The molecule has 1 unspecified atom stereocenters. The van der Waals surface area contributed by atoms with Gasteiger partial charge < -0.3 is 10.5 Å². The van der Waals surface area contributed by atoms with Crippen LogP contribution < -0.4 is 5.73 Å². The number of hydrogen-bond acceptors (Lipinski definition) is 2. The van der Waals surface area contributed by atoms with Gasteiger partial charge in [0.2, 0.25) is 0 Å². The van der Waals surface area contributed by atoms with Crippen molar-refractivity contribution in [2.75, 3.05) is 6.54 Å². The molecule has 3 heteroatoms. The summed E-state index contributed by atoms with van der Waals surface area (Å²) in [6.45, 7) is 4.23. The molecule has 1 atom stereocenters. The van der Waals surface area contributed by atoms with Gasteiger partial charge in [0.25, 0.3) is 0 Å². The van der Waals surface area contributed by atoms with Crippen LogP contribution in [0.2, 0.25) is 0 Å². The van der Waals surface area contributed by atoms with Gasteiger partial charge in [-0.15, -0.1) is 0 Å². The maximum Gasteiger partial charge on any atom is 0.123 e. The zero-order valence-corrected chi connectivity index (χ0v) is 8.53. The summed E-state index contributed by atoms with van der Waals surface area (Å²) >= 11 is 0. The second-order valence-corrected chi connectivity index (χ2v) is 3.46. The molecule has 2 nitrogen and oxygen atoms in total. The summed E-state index contributed by atoms with van der Waals surface area (Å²) in [5.41, 5.74) is 6.35. The molecule has 0 amide bonds. The molecule has 1 aromatic rings. The average molecular weight is 197 g/mol. The fourth-order valence-corrected chi connectivity index (χ4v) is 1.31. The van der Waals surface area contributed by atoms with Crippen LogP contribution in [0.25, 0.3) is 0 Å². The lowest BCUT2D eigenvalue weighted by Gasteiger charge is -2.19. The minimum absolute atomic E-state index is 0.0896. The highest BCUT2D eigenvalue weighted by Crippen LogP contribution is 2.18. The highest BCUT2D eigenvalue weighted by Gasteiger charge is 2.11. The van der Waals surface area contributed by atoms with Crippen molar-refractivity contribution in [3.63, 3.8) is 0 Å². The van der Waals surface area contributed by atoms with Crippen LogP contribution in [-0.2, 0) is 4.74 Å². The van der Waals surface area contributed by atoms with Crippen LogP contribution in [0, 0.1) is 5.82 Å². The van der Waals surface area contributed by atoms with E-state index in [4.69, 9.17) is 10.5 Å². The lowest BCUT2D eigenvalue weighted by molar-refractivity contribution is 0.0118. The Morgan fingerprint density at radius 2 is 2.14 bits per heavy atom.